The minimum Gasteiger partial charge on any atom is -0.481 e. The van der Waals surface area contributed by atoms with Crippen LogP contribution in [-0.4, -0.2) is 64.0 Å². The van der Waals surface area contributed by atoms with Crippen molar-refractivity contribution in [3.8, 4) is 0 Å². The van der Waals surface area contributed by atoms with E-state index >= 15 is 0 Å². The fourth-order valence-corrected chi connectivity index (χ4v) is 2.84. The zero-order valence-electron chi connectivity index (χ0n) is 19.7. The van der Waals surface area contributed by atoms with Gasteiger partial charge in [0.25, 0.3) is 0 Å². The lowest BCUT2D eigenvalue weighted by atomic mass is 9.96. The molecule has 184 valence electrons. The fraction of sp³-hybridized carbons (Fsp3) is 0.762. The summed E-state index contributed by atoms with van der Waals surface area (Å²) in [6.45, 7) is 10.4. The van der Waals surface area contributed by atoms with E-state index in [0.717, 1.165) is 0 Å². The zero-order valence-corrected chi connectivity index (χ0v) is 19.7. The van der Waals surface area contributed by atoms with E-state index in [9.17, 15) is 34.2 Å². The molecule has 0 heterocycles. The van der Waals surface area contributed by atoms with Gasteiger partial charge in [0.1, 0.15) is 18.1 Å². The van der Waals surface area contributed by atoms with E-state index in [0.29, 0.717) is 12.8 Å². The molecular weight excluding hydrogens is 420 g/mol. The summed E-state index contributed by atoms with van der Waals surface area (Å²) in [4.78, 5) is 60.8. The van der Waals surface area contributed by atoms with Gasteiger partial charge in [-0.2, -0.15) is 0 Å². The summed E-state index contributed by atoms with van der Waals surface area (Å²) >= 11 is 0. The van der Waals surface area contributed by atoms with Crippen LogP contribution in [0.1, 0.15) is 60.8 Å². The van der Waals surface area contributed by atoms with Crippen LogP contribution in [0.3, 0.4) is 0 Å². The average molecular weight is 459 g/mol. The highest BCUT2D eigenvalue weighted by Crippen LogP contribution is 2.12. The second kappa shape index (κ2) is 13.7. The van der Waals surface area contributed by atoms with Gasteiger partial charge >= 0.3 is 11.9 Å². The molecule has 0 aromatic rings. The van der Waals surface area contributed by atoms with Gasteiger partial charge in [-0.05, 0) is 17.8 Å². The molecule has 0 radical (unpaired) electrons. The maximum Gasteiger partial charge on any atom is 0.326 e. The number of rotatable bonds is 14. The van der Waals surface area contributed by atoms with Crippen molar-refractivity contribution in [1.82, 2.24) is 16.0 Å². The molecule has 0 saturated carbocycles. The molecule has 0 aliphatic heterocycles. The van der Waals surface area contributed by atoms with Crippen LogP contribution < -0.4 is 21.7 Å². The van der Waals surface area contributed by atoms with E-state index < -0.39 is 66.2 Å². The first-order valence-electron chi connectivity index (χ1n) is 10.9. The lowest BCUT2D eigenvalue weighted by molar-refractivity contribution is -0.145. The van der Waals surface area contributed by atoms with Crippen molar-refractivity contribution < 1.29 is 34.2 Å². The minimum absolute atomic E-state index is 0.172. The van der Waals surface area contributed by atoms with E-state index in [1.807, 2.05) is 6.92 Å². The first kappa shape index (κ1) is 29.3. The molecule has 3 amide bonds. The van der Waals surface area contributed by atoms with Gasteiger partial charge in [0.2, 0.25) is 17.7 Å². The molecule has 0 aliphatic carbocycles. The first-order chi connectivity index (χ1) is 14.8. The van der Waals surface area contributed by atoms with Gasteiger partial charge in [0.15, 0.2) is 0 Å². The van der Waals surface area contributed by atoms with Gasteiger partial charge in [-0.15, -0.1) is 0 Å². The molecule has 0 aromatic carbocycles. The molecule has 7 N–H and O–H groups in total. The lowest BCUT2D eigenvalue weighted by Crippen LogP contribution is -2.59. The molecule has 6 unspecified atom stereocenters. The number of hydrogen-bond acceptors (Lipinski definition) is 6. The number of nitrogens with one attached hydrogen (secondary N) is 3. The van der Waals surface area contributed by atoms with Crippen LogP contribution in [0, 0.1) is 17.8 Å². The Morgan fingerprint density at radius 3 is 1.62 bits per heavy atom. The predicted octanol–water partition coefficient (Wildman–Crippen LogP) is 0.0756. The zero-order chi connectivity index (χ0) is 25.2. The first-order valence-corrected chi connectivity index (χ1v) is 10.9. The molecule has 0 aromatic heterocycles. The Balaban J connectivity index is 5.64. The third kappa shape index (κ3) is 9.21. The number of nitrogens with two attached hydrogens (primary N) is 1. The summed E-state index contributed by atoms with van der Waals surface area (Å²) in [6.07, 6.45) is 0.225. The summed E-state index contributed by atoms with van der Waals surface area (Å²) in [6, 6.07) is -4.66. The highest BCUT2D eigenvalue weighted by Gasteiger charge is 2.34. The number of carboxylic acid groups (broad SMARTS) is 2. The van der Waals surface area contributed by atoms with Gasteiger partial charge in [-0.3, -0.25) is 19.2 Å². The molecular formula is C21H38N4O7. The van der Waals surface area contributed by atoms with Gasteiger partial charge < -0.3 is 31.9 Å². The van der Waals surface area contributed by atoms with Crippen LogP contribution in [-0.2, 0) is 24.0 Å². The number of carbonyl (C=O) groups excluding carboxylic acids is 3. The van der Waals surface area contributed by atoms with Gasteiger partial charge in [0, 0.05) is 0 Å². The molecule has 0 saturated heterocycles. The summed E-state index contributed by atoms with van der Waals surface area (Å²) < 4.78 is 0. The molecule has 0 aliphatic rings. The van der Waals surface area contributed by atoms with E-state index in [4.69, 9.17) is 5.73 Å². The van der Waals surface area contributed by atoms with Crippen molar-refractivity contribution in [3.05, 3.63) is 0 Å². The van der Waals surface area contributed by atoms with Gasteiger partial charge in [0.05, 0.1) is 12.5 Å². The summed E-state index contributed by atoms with van der Waals surface area (Å²) in [7, 11) is 0. The second-order valence-corrected chi connectivity index (χ2v) is 8.51. The van der Waals surface area contributed by atoms with E-state index in [1.54, 1.807) is 34.6 Å². The SMILES string of the molecule is CCC(C)C(NC(=O)C(CC(=O)O)NC(=O)C(NC(=O)C(N)C(C)C)C(C)CC)C(=O)O. The average Bonchev–Trinajstić information content (AvgIpc) is 2.72. The standard InChI is InChI=1S/C21H38N4O7/c1-7-11(5)16(24-19(29)15(22)10(3)4)20(30)23-13(9-14(26)27)18(28)25-17(21(31)32)12(6)8-2/h10-13,15-17H,7-9,22H2,1-6H3,(H,23,30)(H,24,29)(H,25,28)(H,26,27)(H,31,32). The molecule has 0 rings (SSSR count). The molecule has 0 bridgehead atoms. The Kier molecular flexibility index (Phi) is 12.5. The van der Waals surface area contributed by atoms with Crippen molar-refractivity contribution in [2.24, 2.45) is 23.5 Å². The van der Waals surface area contributed by atoms with Crippen LogP contribution in [0.2, 0.25) is 0 Å². The maximum absolute atomic E-state index is 12.9. The van der Waals surface area contributed by atoms with Crippen LogP contribution in [0.15, 0.2) is 0 Å². The van der Waals surface area contributed by atoms with Crippen molar-refractivity contribution in [2.45, 2.75) is 85.0 Å². The quantitative estimate of drug-likeness (QED) is 0.211. The molecule has 11 nitrogen and oxygen atoms in total. The summed E-state index contributed by atoms with van der Waals surface area (Å²) in [5.41, 5.74) is 5.85. The maximum atomic E-state index is 12.9. The molecule has 0 fully saturated rings. The van der Waals surface area contributed by atoms with Crippen LogP contribution >= 0.6 is 0 Å². The van der Waals surface area contributed by atoms with E-state index in [2.05, 4.69) is 16.0 Å². The summed E-state index contributed by atoms with van der Waals surface area (Å²) in [5.74, 6) is -5.76. The normalized spacial score (nSPS) is 16.8. The smallest absolute Gasteiger partial charge is 0.326 e. The monoisotopic (exact) mass is 458 g/mol. The van der Waals surface area contributed by atoms with Gasteiger partial charge in [-0.25, -0.2) is 4.79 Å². The lowest BCUT2D eigenvalue weighted by Gasteiger charge is -2.28. The molecule has 32 heavy (non-hydrogen) atoms. The van der Waals surface area contributed by atoms with Crippen molar-refractivity contribution in [3.63, 3.8) is 0 Å². The Morgan fingerprint density at radius 2 is 1.22 bits per heavy atom. The van der Waals surface area contributed by atoms with Crippen molar-refractivity contribution in [1.29, 1.82) is 0 Å². The largest absolute Gasteiger partial charge is 0.481 e. The Labute approximate surface area is 188 Å². The van der Waals surface area contributed by atoms with E-state index in [1.165, 1.54) is 0 Å². The minimum atomic E-state index is -1.52. The Morgan fingerprint density at radius 1 is 0.750 bits per heavy atom. The Hall–Kier alpha value is -2.69. The number of amides is 3. The third-order valence-corrected chi connectivity index (χ3v) is 5.60. The number of carbonyl (C=O) groups is 5. The van der Waals surface area contributed by atoms with Crippen LogP contribution in [0.25, 0.3) is 0 Å². The highest BCUT2D eigenvalue weighted by molar-refractivity contribution is 5.95. The van der Waals surface area contributed by atoms with Gasteiger partial charge in [-0.1, -0.05) is 54.4 Å². The van der Waals surface area contributed by atoms with Crippen LogP contribution in [0.5, 0.6) is 0 Å². The Bertz CT molecular complexity index is 683. The predicted molar refractivity (Wildman–Crippen MR) is 117 cm³/mol. The summed E-state index contributed by atoms with van der Waals surface area (Å²) in [5, 5.41) is 25.8. The van der Waals surface area contributed by atoms with Crippen molar-refractivity contribution >= 4 is 29.7 Å². The second-order valence-electron chi connectivity index (χ2n) is 8.51. The molecule has 6 atom stereocenters. The van der Waals surface area contributed by atoms with Crippen LogP contribution in [0.4, 0.5) is 0 Å². The third-order valence-electron chi connectivity index (χ3n) is 5.60. The number of carboxylic acids is 2. The molecule has 11 heteroatoms. The number of aliphatic carboxylic acids is 2. The van der Waals surface area contributed by atoms with Crippen molar-refractivity contribution in [2.75, 3.05) is 0 Å². The number of hydrogen-bond donors (Lipinski definition) is 6. The highest BCUT2D eigenvalue weighted by atomic mass is 16.4. The topological polar surface area (TPSA) is 188 Å². The molecule has 0 spiro atoms. The van der Waals surface area contributed by atoms with E-state index in [-0.39, 0.29) is 11.8 Å². The fourth-order valence-electron chi connectivity index (χ4n) is 2.84.